The van der Waals surface area contributed by atoms with Crippen LogP contribution in [0.15, 0.2) is 0 Å². The molecule has 1 fully saturated rings. The summed E-state index contributed by atoms with van der Waals surface area (Å²) in [4.78, 5) is 2.59. The van der Waals surface area contributed by atoms with Gasteiger partial charge in [-0.15, -0.1) is 0 Å². The fraction of sp³-hybridized carbons (Fsp3) is 1.00. The van der Waals surface area contributed by atoms with Crippen molar-refractivity contribution in [2.24, 2.45) is 5.92 Å². The molecule has 0 aliphatic carbocycles. The van der Waals surface area contributed by atoms with E-state index in [2.05, 4.69) is 18.7 Å². The summed E-state index contributed by atoms with van der Waals surface area (Å²) in [5.41, 5.74) is 0. The number of nitrogens with zero attached hydrogens (tertiary/aromatic N) is 1. The highest BCUT2D eigenvalue weighted by Crippen LogP contribution is 2.14. The topological polar surface area (TPSA) is 3.24 Å². The largest absolute Gasteiger partial charge is 0.303 e. The highest BCUT2D eigenvalue weighted by Gasteiger charge is 2.14. The Morgan fingerprint density at radius 1 is 1.50 bits per heavy atom. The molecule has 1 nitrogen and oxygen atoms in total. The first kappa shape index (κ1) is 8.06. The third kappa shape index (κ3) is 2.30. The van der Waals surface area contributed by atoms with Gasteiger partial charge in [0.15, 0.2) is 0 Å². The van der Waals surface area contributed by atoms with E-state index in [0.29, 0.717) is 0 Å². The SMILES string of the molecule is CCCN1CCCC(C)C1. The summed E-state index contributed by atoms with van der Waals surface area (Å²) < 4.78 is 0. The molecule has 1 atom stereocenters. The van der Waals surface area contributed by atoms with Gasteiger partial charge in [-0.3, -0.25) is 0 Å². The van der Waals surface area contributed by atoms with E-state index in [-0.39, 0.29) is 0 Å². The summed E-state index contributed by atoms with van der Waals surface area (Å²) in [6.45, 7) is 8.62. The molecule has 0 aromatic heterocycles. The van der Waals surface area contributed by atoms with Crippen molar-refractivity contribution in [3.8, 4) is 0 Å². The predicted molar refractivity (Wildman–Crippen MR) is 45.1 cm³/mol. The molecule has 1 heterocycles. The number of hydrogen-bond acceptors (Lipinski definition) is 1. The molecule has 60 valence electrons. The quantitative estimate of drug-likeness (QED) is 0.569. The van der Waals surface area contributed by atoms with E-state index in [1.807, 2.05) is 0 Å². The highest BCUT2D eigenvalue weighted by atomic mass is 15.1. The molecule has 0 saturated carbocycles. The van der Waals surface area contributed by atoms with Crippen LogP contribution in [0, 0.1) is 5.92 Å². The summed E-state index contributed by atoms with van der Waals surface area (Å²) in [5.74, 6) is 0.945. The van der Waals surface area contributed by atoms with Crippen molar-refractivity contribution in [1.82, 2.24) is 4.90 Å². The zero-order chi connectivity index (χ0) is 7.40. The standard InChI is InChI=1S/C9H19N/c1-3-6-10-7-4-5-9(2)8-10/h9H,3-8H2,1-2H3. The van der Waals surface area contributed by atoms with Gasteiger partial charge in [-0.05, 0) is 38.3 Å². The second-order valence-electron chi connectivity index (χ2n) is 3.55. The van der Waals surface area contributed by atoms with Crippen LogP contribution in [-0.4, -0.2) is 24.5 Å². The normalized spacial score (nSPS) is 28.8. The number of rotatable bonds is 2. The smallest absolute Gasteiger partial charge is 0.000702 e. The zero-order valence-corrected chi connectivity index (χ0v) is 7.27. The van der Waals surface area contributed by atoms with E-state index in [0.717, 1.165) is 5.92 Å². The molecule has 10 heavy (non-hydrogen) atoms. The van der Waals surface area contributed by atoms with E-state index < -0.39 is 0 Å². The fourth-order valence-electron chi connectivity index (χ4n) is 1.81. The predicted octanol–water partition coefficient (Wildman–Crippen LogP) is 2.13. The number of piperidine rings is 1. The molecule has 1 aliphatic rings. The average Bonchev–Trinajstić information content (AvgIpc) is 1.88. The van der Waals surface area contributed by atoms with Crippen LogP contribution in [0.2, 0.25) is 0 Å². The summed E-state index contributed by atoms with van der Waals surface area (Å²) in [6.07, 6.45) is 4.17. The van der Waals surface area contributed by atoms with Gasteiger partial charge < -0.3 is 4.90 Å². The lowest BCUT2D eigenvalue weighted by Crippen LogP contribution is -2.34. The minimum atomic E-state index is 0.945. The summed E-state index contributed by atoms with van der Waals surface area (Å²) in [5, 5.41) is 0. The third-order valence-corrected chi connectivity index (χ3v) is 2.28. The molecule has 1 unspecified atom stereocenters. The first-order chi connectivity index (χ1) is 4.83. The van der Waals surface area contributed by atoms with E-state index in [1.54, 1.807) is 0 Å². The summed E-state index contributed by atoms with van der Waals surface area (Å²) >= 11 is 0. The fourth-order valence-corrected chi connectivity index (χ4v) is 1.81. The van der Waals surface area contributed by atoms with Crippen molar-refractivity contribution in [3.05, 3.63) is 0 Å². The first-order valence-corrected chi connectivity index (χ1v) is 4.55. The van der Waals surface area contributed by atoms with E-state index in [1.165, 1.54) is 38.9 Å². The first-order valence-electron chi connectivity index (χ1n) is 4.55. The van der Waals surface area contributed by atoms with E-state index >= 15 is 0 Å². The van der Waals surface area contributed by atoms with Crippen LogP contribution in [0.1, 0.15) is 33.1 Å². The van der Waals surface area contributed by atoms with Crippen LogP contribution in [0.5, 0.6) is 0 Å². The van der Waals surface area contributed by atoms with Gasteiger partial charge in [0.05, 0.1) is 0 Å². The van der Waals surface area contributed by atoms with Crippen LogP contribution < -0.4 is 0 Å². The molecule has 1 saturated heterocycles. The molecule has 1 heteroatoms. The minimum Gasteiger partial charge on any atom is -0.303 e. The van der Waals surface area contributed by atoms with Crippen molar-refractivity contribution in [2.45, 2.75) is 33.1 Å². The second kappa shape index (κ2) is 3.97. The van der Waals surface area contributed by atoms with Crippen LogP contribution >= 0.6 is 0 Å². The Balaban J connectivity index is 2.18. The van der Waals surface area contributed by atoms with Gasteiger partial charge in [-0.2, -0.15) is 0 Å². The summed E-state index contributed by atoms with van der Waals surface area (Å²) in [7, 11) is 0. The molecule has 0 spiro atoms. The van der Waals surface area contributed by atoms with E-state index in [4.69, 9.17) is 0 Å². The van der Waals surface area contributed by atoms with Crippen LogP contribution in [0.25, 0.3) is 0 Å². The van der Waals surface area contributed by atoms with E-state index in [9.17, 15) is 0 Å². The highest BCUT2D eigenvalue weighted by molar-refractivity contribution is 4.68. The molecule has 1 rings (SSSR count). The van der Waals surface area contributed by atoms with Gasteiger partial charge >= 0.3 is 0 Å². The zero-order valence-electron chi connectivity index (χ0n) is 7.27. The maximum Gasteiger partial charge on any atom is 0.000702 e. The second-order valence-corrected chi connectivity index (χ2v) is 3.55. The van der Waals surface area contributed by atoms with Gasteiger partial charge in [0, 0.05) is 6.54 Å². The Hall–Kier alpha value is -0.0400. The maximum atomic E-state index is 2.59. The van der Waals surface area contributed by atoms with Crippen molar-refractivity contribution in [2.75, 3.05) is 19.6 Å². The maximum absolute atomic E-state index is 2.59. The average molecular weight is 141 g/mol. The van der Waals surface area contributed by atoms with Gasteiger partial charge in [0.1, 0.15) is 0 Å². The summed E-state index contributed by atoms with van der Waals surface area (Å²) in [6, 6.07) is 0. The van der Waals surface area contributed by atoms with Crippen molar-refractivity contribution in [1.29, 1.82) is 0 Å². The molecule has 1 aliphatic heterocycles. The van der Waals surface area contributed by atoms with Gasteiger partial charge in [0.2, 0.25) is 0 Å². The Kier molecular flexibility index (Phi) is 3.20. The van der Waals surface area contributed by atoms with Crippen LogP contribution in [0.3, 0.4) is 0 Å². The molecule has 0 N–H and O–H groups in total. The van der Waals surface area contributed by atoms with Crippen molar-refractivity contribution >= 4 is 0 Å². The molecule has 0 bridgehead atoms. The Labute approximate surface area is 64.4 Å². The van der Waals surface area contributed by atoms with Crippen molar-refractivity contribution in [3.63, 3.8) is 0 Å². The number of hydrogen-bond donors (Lipinski definition) is 0. The molecular formula is C9H19N. The van der Waals surface area contributed by atoms with Crippen LogP contribution in [0.4, 0.5) is 0 Å². The Morgan fingerprint density at radius 2 is 2.30 bits per heavy atom. The lowest BCUT2D eigenvalue weighted by molar-refractivity contribution is 0.184. The molecule has 0 amide bonds. The molecule has 0 aromatic carbocycles. The lowest BCUT2D eigenvalue weighted by Gasteiger charge is -2.30. The third-order valence-electron chi connectivity index (χ3n) is 2.28. The Bertz CT molecular complexity index is 88.7. The minimum absolute atomic E-state index is 0.945. The Morgan fingerprint density at radius 3 is 2.90 bits per heavy atom. The molecule has 0 radical (unpaired) electrons. The molecular weight excluding hydrogens is 122 g/mol. The van der Waals surface area contributed by atoms with Crippen molar-refractivity contribution < 1.29 is 0 Å². The number of likely N-dealkylation sites (tertiary alicyclic amines) is 1. The molecule has 0 aromatic rings. The van der Waals surface area contributed by atoms with Gasteiger partial charge in [-0.25, -0.2) is 0 Å². The van der Waals surface area contributed by atoms with Gasteiger partial charge in [-0.1, -0.05) is 13.8 Å². The monoisotopic (exact) mass is 141 g/mol. The van der Waals surface area contributed by atoms with Gasteiger partial charge in [0.25, 0.3) is 0 Å². The lowest BCUT2D eigenvalue weighted by atomic mass is 10.0. The van der Waals surface area contributed by atoms with Crippen LogP contribution in [-0.2, 0) is 0 Å².